The number of amides is 4. The van der Waals surface area contributed by atoms with Gasteiger partial charge in [0.25, 0.3) is 0 Å². The van der Waals surface area contributed by atoms with Gasteiger partial charge in [-0.3, -0.25) is 9.42 Å². The summed E-state index contributed by atoms with van der Waals surface area (Å²) in [4.78, 5) is 76.1. The third kappa shape index (κ3) is 19.5. The molecule has 4 amide bonds. The van der Waals surface area contributed by atoms with Gasteiger partial charge >= 0.3 is 41.5 Å². The lowest BCUT2D eigenvalue weighted by Gasteiger charge is -2.32. The van der Waals surface area contributed by atoms with Crippen LogP contribution < -0.4 is 38.1 Å². The van der Waals surface area contributed by atoms with Crippen molar-refractivity contribution >= 4 is 106 Å². The lowest BCUT2D eigenvalue weighted by Crippen LogP contribution is -2.54. The fraction of sp³-hybridized carbons (Fsp3) is 0.391. The molecule has 1 aliphatic carbocycles. The van der Waals surface area contributed by atoms with Crippen LogP contribution in [0.4, 0.5) is 15.3 Å². The molecule has 0 spiro atoms. The number of phosphoric ester groups is 1. The Labute approximate surface area is 468 Å². The molecule has 1 saturated heterocycles. The molecule has 6 rings (SSSR count). The summed E-state index contributed by atoms with van der Waals surface area (Å²) in [7, 11) is -14.3. The second kappa shape index (κ2) is 29.3. The number of rotatable bonds is 29. The van der Waals surface area contributed by atoms with E-state index in [1.165, 1.54) is 6.20 Å². The van der Waals surface area contributed by atoms with Crippen LogP contribution in [0.5, 0.6) is 0 Å². The lowest BCUT2D eigenvalue weighted by molar-refractivity contribution is -0.0611. The zero-order valence-corrected chi connectivity index (χ0v) is 48.1. The molecule has 0 saturated carbocycles. The molecule has 0 aromatic heterocycles. The van der Waals surface area contributed by atoms with Crippen molar-refractivity contribution in [3.8, 4) is 34.3 Å². The minimum atomic E-state index is -5.78. The van der Waals surface area contributed by atoms with Crippen LogP contribution >= 0.6 is 45.1 Å². The van der Waals surface area contributed by atoms with Crippen LogP contribution in [0.1, 0.15) is 48.5 Å². The first kappa shape index (κ1) is 63.5. The molecule has 430 valence electrons. The molecule has 14 N–H and O–H groups in total. The maximum atomic E-state index is 13.0. The van der Waals surface area contributed by atoms with Gasteiger partial charge in [-0.25, -0.2) is 28.1 Å². The molecule has 0 bridgehead atoms. The number of hydrogen-bond acceptors (Lipinski definition) is 20. The summed E-state index contributed by atoms with van der Waals surface area (Å²) in [5.41, 5.74) is 16.5. The molecule has 3 heterocycles. The van der Waals surface area contributed by atoms with E-state index >= 15 is 0 Å². The Hall–Kier alpha value is -4.70. The van der Waals surface area contributed by atoms with Gasteiger partial charge < -0.3 is 81.5 Å². The fourth-order valence-electron chi connectivity index (χ4n) is 7.71. The standard InChI is InChI=1S/C46H59N8O18P3S4/c1-3-79(76)27-67-39-23-41(70-40(39)25-68-74(62,63)72-75(64,65)71-73(59,60)61)54-24-30(43(49)53-46(54)58)8-7-16-52-45(57)51-15-5-4-6-18-66-26-78-77-19-17-50-28(2)29-9-12-33(44(55)56)36(20-29)42-34-13-10-31(47)21-37(34)69-38-22-32(48)11-14-35(38)42/h9-14,20-22,24,39-41,43,47,50H,2-6,15-19,23,25-27,48-49H2,1H3,(H,53,58)(H,55,56)(H,62,63)(H,64,65)(H2,51,52,57)(H2,59,60,61)/t39?,40-,41-,43?,79?/m1/s1. The molecule has 0 radical (unpaired) electrons. The summed E-state index contributed by atoms with van der Waals surface area (Å²) in [6.45, 7) is 6.69. The number of ether oxygens (including phenoxy) is 3. The van der Waals surface area contributed by atoms with E-state index in [0.717, 1.165) is 23.5 Å². The Morgan fingerprint density at radius 3 is 2.53 bits per heavy atom. The molecule has 3 aliphatic heterocycles. The average Bonchev–Trinajstić information content (AvgIpc) is 3.86. The second-order valence-electron chi connectivity index (χ2n) is 17.1. The number of phosphoric acid groups is 3. The summed E-state index contributed by atoms with van der Waals surface area (Å²) < 4.78 is 71.2. The van der Waals surface area contributed by atoms with E-state index in [-0.39, 0.29) is 35.4 Å². The molecule has 2 aromatic carbocycles. The first-order valence-corrected chi connectivity index (χ1v) is 33.3. The van der Waals surface area contributed by atoms with Crippen molar-refractivity contribution in [2.45, 2.75) is 57.2 Å². The number of nitrogen functional groups attached to an aromatic ring is 1. The third-order valence-electron chi connectivity index (χ3n) is 11.3. The van der Waals surface area contributed by atoms with Crippen molar-refractivity contribution in [2.24, 2.45) is 5.73 Å². The number of benzene rings is 3. The van der Waals surface area contributed by atoms with Crippen molar-refractivity contribution in [3.63, 3.8) is 0 Å². The number of aromatic carboxylic acids is 1. The number of nitrogens with two attached hydrogens (primary N) is 2. The van der Waals surface area contributed by atoms with Crippen molar-refractivity contribution in [1.29, 1.82) is 5.41 Å². The number of urea groups is 2. The Kier molecular flexibility index (Phi) is 23.6. The van der Waals surface area contributed by atoms with E-state index in [0.29, 0.717) is 88.2 Å². The number of carbonyl (C=O) groups is 3. The van der Waals surface area contributed by atoms with Crippen LogP contribution in [-0.2, 0) is 61.7 Å². The van der Waals surface area contributed by atoms with Crippen LogP contribution in [-0.4, -0.2) is 128 Å². The van der Waals surface area contributed by atoms with Crippen LogP contribution in [0.25, 0.3) is 39.1 Å². The average molecular weight is 1230 g/mol. The molecule has 33 heteroatoms. The van der Waals surface area contributed by atoms with Gasteiger partial charge in [-0.15, -0.1) is 0 Å². The van der Waals surface area contributed by atoms with Gasteiger partial charge in [0.15, 0.2) is 0 Å². The summed E-state index contributed by atoms with van der Waals surface area (Å²) >= 11 is 5.33. The predicted octanol–water partition coefficient (Wildman–Crippen LogP) is 5.45. The van der Waals surface area contributed by atoms with Crippen molar-refractivity contribution in [1.82, 2.24) is 26.2 Å². The van der Waals surface area contributed by atoms with Crippen LogP contribution in [0.2, 0.25) is 0 Å². The minimum Gasteiger partial charge on any atom is -0.478 e. The molecule has 79 heavy (non-hydrogen) atoms. The van der Waals surface area contributed by atoms with Crippen LogP contribution in [0, 0.1) is 17.3 Å². The maximum absolute atomic E-state index is 13.0. The Morgan fingerprint density at radius 2 is 1.78 bits per heavy atom. The van der Waals surface area contributed by atoms with Gasteiger partial charge in [0.2, 0.25) is 0 Å². The largest absolute Gasteiger partial charge is 0.490 e. The van der Waals surface area contributed by atoms with Gasteiger partial charge in [-0.1, -0.05) is 62.5 Å². The zero-order valence-electron chi connectivity index (χ0n) is 42.1. The van der Waals surface area contributed by atoms with E-state index in [1.807, 2.05) is 6.92 Å². The van der Waals surface area contributed by atoms with E-state index in [1.54, 1.807) is 76.2 Å². The summed E-state index contributed by atoms with van der Waals surface area (Å²) in [5.74, 6) is 6.79. The highest BCUT2D eigenvalue weighted by Gasteiger charge is 2.45. The quantitative estimate of drug-likeness (QED) is 0.00611. The van der Waals surface area contributed by atoms with Crippen LogP contribution in [0.3, 0.4) is 0 Å². The Morgan fingerprint density at radius 1 is 1.00 bits per heavy atom. The number of hydrogen-bond donors (Lipinski definition) is 12. The topological polar surface area (TPSA) is 399 Å². The first-order chi connectivity index (χ1) is 37.4. The number of nitrogens with zero attached hydrogens (tertiary/aromatic N) is 1. The molecular formula is C46H59N8O18P3S4. The molecule has 2 aromatic rings. The van der Waals surface area contributed by atoms with Crippen LogP contribution in [0.15, 0.2) is 77.4 Å². The highest BCUT2D eigenvalue weighted by atomic mass is 33.1. The molecule has 7 atom stereocenters. The predicted molar refractivity (Wildman–Crippen MR) is 301 cm³/mol. The SMILES string of the molecule is C=C(NCCSSCOCCCCCNC(=O)NCC#CC1=CN([C@H]2CC(OCS(=S)CC)[C@@H](COP(=O)(O)OP(=O)(O)OP(=O)(O)O)O2)C(=O)NC1N)c1ccc(C(=O)O)c(-c2c3ccc(=N)cc-3oc3cc(N)ccc23)c1. The van der Waals surface area contributed by atoms with Crippen molar-refractivity contribution in [3.05, 3.63) is 89.4 Å². The fourth-order valence-corrected chi connectivity index (χ4v) is 13.0. The van der Waals surface area contributed by atoms with E-state index in [9.17, 15) is 43.0 Å². The van der Waals surface area contributed by atoms with Gasteiger partial charge in [-0.2, -0.15) is 8.62 Å². The number of anilines is 1. The molecule has 1 fully saturated rings. The number of carboxylic acids is 1. The van der Waals surface area contributed by atoms with Crippen molar-refractivity contribution < 1.29 is 84.5 Å². The highest BCUT2D eigenvalue weighted by Crippen LogP contribution is 2.66. The molecule has 5 unspecified atom stereocenters. The summed E-state index contributed by atoms with van der Waals surface area (Å²) in [6, 6.07) is 14.1. The zero-order chi connectivity index (χ0) is 57.5. The van der Waals surface area contributed by atoms with E-state index in [2.05, 4.69) is 48.3 Å². The summed E-state index contributed by atoms with van der Waals surface area (Å²) in [5, 5.41) is 30.5. The maximum Gasteiger partial charge on any atom is 0.490 e. The third-order valence-corrected chi connectivity index (χ3v) is 19.3. The summed E-state index contributed by atoms with van der Waals surface area (Å²) in [6.07, 6.45) is -0.616. The molecule has 26 nitrogen and oxygen atoms in total. The smallest absolute Gasteiger partial charge is 0.478 e. The van der Waals surface area contributed by atoms with Gasteiger partial charge in [-0.05, 0) is 83.7 Å². The van der Waals surface area contributed by atoms with E-state index in [4.69, 9.17) is 61.0 Å². The number of unbranched alkanes of at least 4 members (excludes halogenated alkanes) is 2. The van der Waals surface area contributed by atoms with Gasteiger partial charge in [0, 0.05) is 78.1 Å². The number of nitrogens with one attached hydrogen (secondary N) is 5. The second-order valence-corrected chi connectivity index (χ2v) is 27.1. The number of carbonyl (C=O) groups excluding carboxylic acids is 2. The van der Waals surface area contributed by atoms with Crippen molar-refractivity contribution in [2.75, 3.05) is 62.0 Å². The van der Waals surface area contributed by atoms with Gasteiger partial charge in [0.1, 0.15) is 35.8 Å². The number of fused-ring (bicyclic) bond motifs is 2. The minimum absolute atomic E-state index is 0.0234. The molecular weight excluding hydrogens is 1170 g/mol. The Bertz CT molecular complexity index is 3180. The lowest BCUT2D eigenvalue weighted by atomic mass is 9.89. The highest BCUT2D eigenvalue weighted by molar-refractivity contribution is 8.76. The first-order valence-electron chi connectivity index (χ1n) is 23.8. The number of carboxylic acid groups (broad SMARTS) is 1. The normalized spacial score (nSPS) is 19.3. The molecule has 4 aliphatic rings. The monoisotopic (exact) mass is 1230 g/mol. The van der Waals surface area contributed by atoms with E-state index < -0.39 is 82.2 Å². The van der Waals surface area contributed by atoms with Gasteiger partial charge in [0.05, 0.1) is 41.7 Å². The Balaban J connectivity index is 0.863.